The topological polar surface area (TPSA) is 78.8 Å². The Morgan fingerprint density at radius 2 is 1.91 bits per heavy atom. The normalized spacial score (nSPS) is 17.1. The fourth-order valence-corrected chi connectivity index (χ4v) is 3.48. The van der Waals surface area contributed by atoms with E-state index < -0.39 is 10.0 Å². The summed E-state index contributed by atoms with van der Waals surface area (Å²) in [4.78, 5) is 17.6. The number of carbonyl (C=O) groups excluding carboxylic acids is 1. The van der Waals surface area contributed by atoms with Crippen molar-refractivity contribution in [3.05, 3.63) is 29.8 Å². The van der Waals surface area contributed by atoms with E-state index in [9.17, 15) is 13.2 Å². The second kappa shape index (κ2) is 6.91. The fraction of sp³-hybridized carbons (Fsp3) is 0.467. The lowest BCUT2D eigenvalue weighted by Crippen LogP contribution is -2.22. The summed E-state index contributed by atoms with van der Waals surface area (Å²) in [7, 11) is 0.0421. The van der Waals surface area contributed by atoms with Crippen LogP contribution in [0.4, 0.5) is 0 Å². The van der Waals surface area contributed by atoms with Crippen molar-refractivity contribution in [1.82, 2.24) is 9.62 Å². The molecule has 1 aliphatic rings. The molecular formula is C15H21N3O3S. The Kier molecular flexibility index (Phi) is 5.18. The minimum Gasteiger partial charge on any atom is -0.349 e. The molecule has 6 nitrogen and oxygen atoms in total. The van der Waals surface area contributed by atoms with Crippen LogP contribution in [0.2, 0.25) is 0 Å². The Morgan fingerprint density at radius 1 is 1.18 bits per heavy atom. The van der Waals surface area contributed by atoms with E-state index in [1.807, 2.05) is 0 Å². The average Bonchev–Trinajstić information content (AvgIpc) is 2.74. The molecule has 0 bridgehead atoms. The number of sulfonamides is 1. The molecule has 1 aromatic rings. The number of amides is 1. The highest BCUT2D eigenvalue weighted by Crippen LogP contribution is 2.22. The molecule has 0 saturated carbocycles. The van der Waals surface area contributed by atoms with E-state index in [1.54, 1.807) is 43.3 Å². The van der Waals surface area contributed by atoms with Crippen LogP contribution >= 0.6 is 0 Å². The van der Waals surface area contributed by atoms with Gasteiger partial charge in [-0.15, -0.1) is 0 Å². The standard InChI is InChI=1S/C15H21N3O3S/c1-18(2)14(19)10-4-3-7-11-16-15-12-8-5-6-9-13(12)22(20,21)17-15/h5-6,8-9H,3-4,7,10-11H2,1-2H3,(H,16,17). The minimum absolute atomic E-state index is 0.129. The Hall–Kier alpha value is -1.89. The van der Waals surface area contributed by atoms with E-state index in [0.29, 0.717) is 24.4 Å². The number of unbranched alkanes of at least 4 members (excludes halogenated alkanes) is 2. The molecule has 7 heteroatoms. The Labute approximate surface area is 131 Å². The number of nitrogens with zero attached hydrogens (tertiary/aromatic N) is 2. The number of rotatable bonds is 6. The lowest BCUT2D eigenvalue weighted by Gasteiger charge is -2.09. The molecule has 0 aliphatic carbocycles. The van der Waals surface area contributed by atoms with Gasteiger partial charge in [0.2, 0.25) is 5.91 Å². The molecule has 1 aliphatic heterocycles. The van der Waals surface area contributed by atoms with Crippen LogP contribution in [0.1, 0.15) is 31.2 Å². The number of carbonyl (C=O) groups is 1. The zero-order chi connectivity index (χ0) is 16.2. The highest BCUT2D eigenvalue weighted by Gasteiger charge is 2.29. The van der Waals surface area contributed by atoms with Gasteiger partial charge in [0.05, 0.1) is 4.90 Å². The van der Waals surface area contributed by atoms with Crippen LogP contribution in [0, 0.1) is 0 Å². The minimum atomic E-state index is -3.45. The molecule has 2 rings (SSSR count). The van der Waals surface area contributed by atoms with Gasteiger partial charge in [-0.25, -0.2) is 8.42 Å². The van der Waals surface area contributed by atoms with Crippen LogP contribution in [0.25, 0.3) is 0 Å². The van der Waals surface area contributed by atoms with Crippen molar-refractivity contribution < 1.29 is 13.2 Å². The molecule has 1 N–H and O–H groups in total. The lowest BCUT2D eigenvalue weighted by atomic mass is 10.2. The van der Waals surface area contributed by atoms with Crippen molar-refractivity contribution in [1.29, 1.82) is 0 Å². The quantitative estimate of drug-likeness (QED) is 0.803. The summed E-state index contributed by atoms with van der Waals surface area (Å²) < 4.78 is 26.3. The highest BCUT2D eigenvalue weighted by molar-refractivity contribution is 7.90. The zero-order valence-corrected chi connectivity index (χ0v) is 13.7. The SMILES string of the molecule is CN(C)C(=O)CCCCCN=C1NS(=O)(=O)c2ccccc21. The van der Waals surface area contributed by atoms with Crippen molar-refractivity contribution in [2.75, 3.05) is 20.6 Å². The predicted molar refractivity (Wildman–Crippen MR) is 85.3 cm³/mol. The second-order valence-electron chi connectivity index (χ2n) is 5.43. The summed E-state index contributed by atoms with van der Waals surface area (Å²) >= 11 is 0. The van der Waals surface area contributed by atoms with Crippen LogP contribution in [0.15, 0.2) is 34.2 Å². The van der Waals surface area contributed by atoms with Gasteiger partial charge in [0.15, 0.2) is 0 Å². The number of hydrogen-bond donors (Lipinski definition) is 1. The molecule has 0 saturated heterocycles. The van der Waals surface area contributed by atoms with Gasteiger partial charge in [-0.1, -0.05) is 18.6 Å². The molecule has 0 aromatic heterocycles. The van der Waals surface area contributed by atoms with E-state index in [1.165, 1.54) is 0 Å². The monoisotopic (exact) mass is 323 g/mol. The van der Waals surface area contributed by atoms with Crippen LogP contribution < -0.4 is 4.72 Å². The number of hydrogen-bond acceptors (Lipinski definition) is 4. The van der Waals surface area contributed by atoms with Gasteiger partial charge in [-0.3, -0.25) is 14.5 Å². The number of benzene rings is 1. The van der Waals surface area contributed by atoms with Crippen molar-refractivity contribution in [2.24, 2.45) is 4.99 Å². The molecule has 1 amide bonds. The third kappa shape index (κ3) is 3.85. The smallest absolute Gasteiger partial charge is 0.263 e. The van der Waals surface area contributed by atoms with E-state index in [-0.39, 0.29) is 10.8 Å². The Bertz CT molecular complexity index is 681. The molecule has 120 valence electrons. The number of amidine groups is 1. The summed E-state index contributed by atoms with van der Waals surface area (Å²) in [5.41, 5.74) is 0.630. The first-order chi connectivity index (χ1) is 10.4. The van der Waals surface area contributed by atoms with Gasteiger partial charge in [0.1, 0.15) is 5.84 Å². The molecule has 0 unspecified atom stereocenters. The molecule has 0 radical (unpaired) electrons. The van der Waals surface area contributed by atoms with Gasteiger partial charge in [-0.2, -0.15) is 0 Å². The van der Waals surface area contributed by atoms with Crippen molar-refractivity contribution in [3.8, 4) is 0 Å². The van der Waals surface area contributed by atoms with Gasteiger partial charge >= 0.3 is 0 Å². The van der Waals surface area contributed by atoms with E-state index in [0.717, 1.165) is 19.3 Å². The predicted octanol–water partition coefficient (Wildman–Crippen LogP) is 1.37. The summed E-state index contributed by atoms with van der Waals surface area (Å²) in [6.07, 6.45) is 3.09. The molecular weight excluding hydrogens is 302 g/mol. The summed E-state index contributed by atoms with van der Waals surface area (Å²) in [5.74, 6) is 0.545. The molecule has 22 heavy (non-hydrogen) atoms. The van der Waals surface area contributed by atoms with Crippen molar-refractivity contribution in [3.63, 3.8) is 0 Å². The van der Waals surface area contributed by atoms with E-state index in [4.69, 9.17) is 0 Å². The van der Waals surface area contributed by atoms with E-state index in [2.05, 4.69) is 9.71 Å². The first-order valence-corrected chi connectivity index (χ1v) is 8.77. The first-order valence-electron chi connectivity index (χ1n) is 7.28. The van der Waals surface area contributed by atoms with Crippen LogP contribution in [-0.4, -0.2) is 45.7 Å². The summed E-state index contributed by atoms with van der Waals surface area (Å²) in [5, 5.41) is 0. The van der Waals surface area contributed by atoms with Crippen LogP contribution in [0.3, 0.4) is 0 Å². The second-order valence-corrected chi connectivity index (χ2v) is 7.08. The molecule has 0 spiro atoms. The maximum atomic E-state index is 11.9. The molecule has 1 aromatic carbocycles. The number of aliphatic imine (C=N–C) groups is 1. The summed E-state index contributed by atoms with van der Waals surface area (Å²) in [6, 6.07) is 6.82. The Morgan fingerprint density at radius 3 is 2.64 bits per heavy atom. The largest absolute Gasteiger partial charge is 0.349 e. The average molecular weight is 323 g/mol. The van der Waals surface area contributed by atoms with Gasteiger partial charge in [-0.05, 0) is 25.0 Å². The molecule has 1 heterocycles. The summed E-state index contributed by atoms with van der Waals surface area (Å²) in [6.45, 7) is 0.544. The van der Waals surface area contributed by atoms with Crippen molar-refractivity contribution in [2.45, 2.75) is 30.6 Å². The van der Waals surface area contributed by atoms with Crippen LogP contribution in [0.5, 0.6) is 0 Å². The molecule has 0 atom stereocenters. The van der Waals surface area contributed by atoms with Gasteiger partial charge in [0, 0.05) is 32.6 Å². The third-order valence-corrected chi connectivity index (χ3v) is 4.88. The fourth-order valence-electron chi connectivity index (χ4n) is 2.23. The highest BCUT2D eigenvalue weighted by atomic mass is 32.2. The maximum absolute atomic E-state index is 11.9. The maximum Gasteiger partial charge on any atom is 0.263 e. The first kappa shape index (κ1) is 16.5. The Balaban J connectivity index is 1.84. The van der Waals surface area contributed by atoms with Gasteiger partial charge < -0.3 is 4.90 Å². The zero-order valence-electron chi connectivity index (χ0n) is 12.9. The third-order valence-electron chi connectivity index (χ3n) is 3.48. The number of fused-ring (bicyclic) bond motifs is 1. The lowest BCUT2D eigenvalue weighted by molar-refractivity contribution is -0.128. The van der Waals surface area contributed by atoms with Crippen molar-refractivity contribution >= 4 is 21.8 Å². The van der Waals surface area contributed by atoms with Crippen LogP contribution in [-0.2, 0) is 14.8 Å². The number of nitrogens with one attached hydrogen (secondary N) is 1. The van der Waals surface area contributed by atoms with E-state index >= 15 is 0 Å². The molecule has 0 fully saturated rings. The van der Waals surface area contributed by atoms with Gasteiger partial charge in [0.25, 0.3) is 10.0 Å².